The van der Waals surface area contributed by atoms with Crippen LogP contribution in [-0.2, 0) is 4.79 Å². The van der Waals surface area contributed by atoms with Gasteiger partial charge < -0.3 is 34.6 Å². The lowest BCUT2D eigenvalue weighted by atomic mass is 9.93. The van der Waals surface area contributed by atoms with E-state index in [1.807, 2.05) is 0 Å². The minimum Gasteiger partial charge on any atom is -0.493 e. The van der Waals surface area contributed by atoms with Crippen LogP contribution >= 0.6 is 0 Å². The number of methoxy groups -OCH3 is 3. The fourth-order valence-corrected chi connectivity index (χ4v) is 3.92. The number of carbonyl (C=O) groups is 2. The van der Waals surface area contributed by atoms with E-state index in [9.17, 15) is 9.59 Å². The van der Waals surface area contributed by atoms with Crippen LogP contribution in [0.4, 0.5) is 10.5 Å². The van der Waals surface area contributed by atoms with Gasteiger partial charge in [-0.2, -0.15) is 0 Å². The number of amides is 3. The largest absolute Gasteiger partial charge is 0.493 e. The first-order valence-corrected chi connectivity index (χ1v) is 11.3. The number of carbonyl (C=O) groups excluding carboxylic acids is 2. The highest BCUT2D eigenvalue weighted by molar-refractivity contribution is 5.90. The van der Waals surface area contributed by atoms with Gasteiger partial charge in [0.2, 0.25) is 11.7 Å². The Morgan fingerprint density at radius 3 is 2.12 bits per heavy atom. The predicted octanol–water partition coefficient (Wildman–Crippen LogP) is 2.80. The summed E-state index contributed by atoms with van der Waals surface area (Å²) in [5, 5.41) is 5.92. The Kier molecular flexibility index (Phi) is 10.4. The van der Waals surface area contributed by atoms with Crippen molar-refractivity contribution >= 4 is 17.6 Å². The van der Waals surface area contributed by atoms with Gasteiger partial charge >= 0.3 is 6.03 Å². The molecule has 2 N–H and O–H groups in total. The third kappa shape index (κ3) is 7.19. The van der Waals surface area contributed by atoms with Crippen molar-refractivity contribution in [1.29, 1.82) is 0 Å². The van der Waals surface area contributed by atoms with Crippen LogP contribution in [0.1, 0.15) is 33.1 Å². The molecular weight excluding hydrogens is 412 g/mol. The summed E-state index contributed by atoms with van der Waals surface area (Å²) in [6.45, 7) is 9.01. The summed E-state index contributed by atoms with van der Waals surface area (Å²) < 4.78 is 16.0. The molecule has 1 fully saturated rings. The molecule has 180 valence electrons. The number of likely N-dealkylation sites (tertiary alicyclic amines) is 1. The average Bonchev–Trinajstić information content (AvgIpc) is 2.81. The van der Waals surface area contributed by atoms with Gasteiger partial charge in [0, 0.05) is 44.7 Å². The summed E-state index contributed by atoms with van der Waals surface area (Å²) in [5.74, 6) is 1.83. The number of hydrogen-bond donors (Lipinski definition) is 2. The van der Waals surface area contributed by atoms with Gasteiger partial charge in [-0.3, -0.25) is 4.79 Å². The number of likely N-dealkylation sites (N-methyl/N-ethyl adjacent to an activating group) is 1. The van der Waals surface area contributed by atoms with Crippen molar-refractivity contribution in [2.75, 3.05) is 65.9 Å². The third-order valence-electron chi connectivity index (χ3n) is 5.94. The van der Waals surface area contributed by atoms with E-state index in [1.54, 1.807) is 17.0 Å². The molecule has 32 heavy (non-hydrogen) atoms. The summed E-state index contributed by atoms with van der Waals surface area (Å²) in [5.41, 5.74) is 0.569. The highest BCUT2D eigenvalue weighted by atomic mass is 16.5. The minimum atomic E-state index is -0.179. The molecule has 0 aliphatic carbocycles. The highest BCUT2D eigenvalue weighted by Gasteiger charge is 2.25. The quantitative estimate of drug-likeness (QED) is 0.539. The molecule has 0 saturated carbocycles. The maximum Gasteiger partial charge on any atom is 0.321 e. The zero-order chi connectivity index (χ0) is 23.5. The molecular formula is C23H38N4O5. The fraction of sp³-hybridized carbons (Fsp3) is 0.652. The van der Waals surface area contributed by atoms with Crippen molar-refractivity contribution < 1.29 is 23.8 Å². The van der Waals surface area contributed by atoms with Crippen LogP contribution in [0.25, 0.3) is 0 Å². The number of piperidine rings is 1. The maximum atomic E-state index is 12.7. The molecule has 0 aromatic heterocycles. The highest BCUT2D eigenvalue weighted by Crippen LogP contribution is 2.40. The number of urea groups is 1. The lowest BCUT2D eigenvalue weighted by Crippen LogP contribution is -2.42. The molecule has 1 heterocycles. The Morgan fingerprint density at radius 1 is 1.03 bits per heavy atom. The average molecular weight is 451 g/mol. The topological polar surface area (TPSA) is 92.4 Å². The number of ether oxygens (including phenoxy) is 3. The van der Waals surface area contributed by atoms with E-state index in [0.29, 0.717) is 54.9 Å². The zero-order valence-electron chi connectivity index (χ0n) is 20.0. The molecule has 1 aliphatic heterocycles. The van der Waals surface area contributed by atoms with Gasteiger partial charge in [-0.05, 0) is 31.8 Å². The number of nitrogens with zero attached hydrogens (tertiary/aromatic N) is 2. The van der Waals surface area contributed by atoms with Crippen molar-refractivity contribution in [3.63, 3.8) is 0 Å². The Morgan fingerprint density at radius 2 is 1.62 bits per heavy atom. The summed E-state index contributed by atoms with van der Waals surface area (Å²) >= 11 is 0. The Hall–Kier alpha value is -2.68. The van der Waals surface area contributed by atoms with E-state index in [4.69, 9.17) is 14.2 Å². The smallest absolute Gasteiger partial charge is 0.321 e. The second-order valence-corrected chi connectivity index (χ2v) is 7.86. The van der Waals surface area contributed by atoms with Gasteiger partial charge in [-0.1, -0.05) is 13.8 Å². The Bertz CT molecular complexity index is 721. The molecule has 0 radical (unpaired) electrons. The Balaban J connectivity index is 1.81. The molecule has 9 nitrogen and oxygen atoms in total. The Labute approximate surface area is 191 Å². The van der Waals surface area contributed by atoms with E-state index in [2.05, 4.69) is 29.4 Å². The first kappa shape index (κ1) is 25.6. The van der Waals surface area contributed by atoms with Gasteiger partial charge in [-0.25, -0.2) is 4.79 Å². The molecule has 0 atom stereocenters. The number of benzene rings is 1. The molecule has 1 saturated heterocycles. The number of hydrogen-bond acceptors (Lipinski definition) is 6. The molecule has 1 aromatic carbocycles. The zero-order valence-corrected chi connectivity index (χ0v) is 20.0. The van der Waals surface area contributed by atoms with Gasteiger partial charge in [0.25, 0.3) is 0 Å². The maximum absolute atomic E-state index is 12.7. The van der Waals surface area contributed by atoms with E-state index >= 15 is 0 Å². The lowest BCUT2D eigenvalue weighted by Gasteiger charge is -2.32. The van der Waals surface area contributed by atoms with E-state index in [1.165, 1.54) is 21.3 Å². The molecule has 9 heteroatoms. The van der Waals surface area contributed by atoms with Gasteiger partial charge in [0.1, 0.15) is 0 Å². The van der Waals surface area contributed by atoms with Crippen molar-refractivity contribution in [2.45, 2.75) is 33.1 Å². The van der Waals surface area contributed by atoms with Crippen LogP contribution in [0.5, 0.6) is 17.2 Å². The normalized spacial score (nSPS) is 14.2. The second kappa shape index (κ2) is 13.0. The number of nitrogens with one attached hydrogen (secondary N) is 2. The summed E-state index contributed by atoms with van der Waals surface area (Å²) in [6, 6.07) is 3.23. The van der Waals surface area contributed by atoms with E-state index in [-0.39, 0.29) is 11.9 Å². The molecule has 1 aromatic rings. The van der Waals surface area contributed by atoms with Gasteiger partial charge in [0.05, 0.1) is 27.0 Å². The molecule has 3 amide bonds. The van der Waals surface area contributed by atoms with Gasteiger partial charge in [0.15, 0.2) is 11.5 Å². The fourth-order valence-electron chi connectivity index (χ4n) is 3.92. The molecule has 0 spiro atoms. The van der Waals surface area contributed by atoms with Crippen molar-refractivity contribution in [3.8, 4) is 17.2 Å². The molecule has 2 rings (SSSR count). The molecule has 1 aliphatic rings. The lowest BCUT2D eigenvalue weighted by molar-refractivity contribution is -0.122. The molecule has 0 unspecified atom stereocenters. The van der Waals surface area contributed by atoms with E-state index in [0.717, 1.165) is 32.5 Å². The van der Waals surface area contributed by atoms with Crippen LogP contribution in [-0.4, -0.2) is 82.3 Å². The van der Waals surface area contributed by atoms with Crippen LogP contribution < -0.4 is 24.8 Å². The standard InChI is InChI=1S/C23H38N4O5/c1-6-26(7-2)13-10-24-21(28)14-17-8-11-27(12-9-17)23(29)25-18-15-19(30-3)22(32-5)20(16-18)31-4/h15-17H,6-14H2,1-5H3,(H,24,28)(H,25,29). The number of rotatable bonds is 11. The first-order chi connectivity index (χ1) is 15.4. The van der Waals surface area contributed by atoms with Gasteiger partial charge in [-0.15, -0.1) is 0 Å². The monoisotopic (exact) mass is 450 g/mol. The second-order valence-electron chi connectivity index (χ2n) is 7.86. The third-order valence-corrected chi connectivity index (χ3v) is 5.94. The first-order valence-electron chi connectivity index (χ1n) is 11.3. The SMILES string of the molecule is CCN(CC)CCNC(=O)CC1CCN(C(=O)Nc2cc(OC)c(OC)c(OC)c2)CC1. The van der Waals surface area contributed by atoms with Crippen LogP contribution in [0, 0.1) is 5.92 Å². The predicted molar refractivity (Wildman–Crippen MR) is 125 cm³/mol. The summed E-state index contributed by atoms with van der Waals surface area (Å²) in [6.07, 6.45) is 2.14. The van der Waals surface area contributed by atoms with E-state index < -0.39 is 0 Å². The summed E-state index contributed by atoms with van der Waals surface area (Å²) in [7, 11) is 4.61. The van der Waals surface area contributed by atoms with Crippen molar-refractivity contribution in [1.82, 2.24) is 15.1 Å². The van der Waals surface area contributed by atoms with Crippen molar-refractivity contribution in [3.05, 3.63) is 12.1 Å². The van der Waals surface area contributed by atoms with Crippen LogP contribution in [0.2, 0.25) is 0 Å². The number of anilines is 1. The van der Waals surface area contributed by atoms with Crippen molar-refractivity contribution in [2.24, 2.45) is 5.92 Å². The van der Waals surface area contributed by atoms with Crippen LogP contribution in [0.15, 0.2) is 12.1 Å². The molecule has 0 bridgehead atoms. The van der Waals surface area contributed by atoms with Crippen LogP contribution in [0.3, 0.4) is 0 Å². The minimum absolute atomic E-state index is 0.0949. The summed E-state index contributed by atoms with van der Waals surface area (Å²) in [4.78, 5) is 29.0.